The summed E-state index contributed by atoms with van der Waals surface area (Å²) in [6, 6.07) is 8.87. The third-order valence-electron chi connectivity index (χ3n) is 4.43. The number of nitrogens with two attached hydrogens (primary N) is 1. The molecule has 4 heteroatoms. The number of benzene rings is 1. The lowest BCUT2D eigenvalue weighted by Crippen LogP contribution is -2.75. The zero-order valence-corrected chi connectivity index (χ0v) is 11.0. The first-order chi connectivity index (χ1) is 9.34. The highest BCUT2D eigenvalue weighted by atomic mass is 15.3. The van der Waals surface area contributed by atoms with Gasteiger partial charge in [-0.3, -0.25) is 10.7 Å². The van der Waals surface area contributed by atoms with E-state index in [0.29, 0.717) is 6.04 Å². The summed E-state index contributed by atoms with van der Waals surface area (Å²) >= 11 is 0. The van der Waals surface area contributed by atoms with Crippen LogP contribution in [-0.2, 0) is 0 Å². The van der Waals surface area contributed by atoms with Gasteiger partial charge < -0.3 is 4.90 Å². The van der Waals surface area contributed by atoms with Crippen molar-refractivity contribution in [1.29, 1.82) is 0 Å². The Labute approximate surface area is 113 Å². The number of hydrogen-bond donors (Lipinski definition) is 2. The van der Waals surface area contributed by atoms with Gasteiger partial charge in [0.25, 0.3) is 5.84 Å². The number of rotatable bonds is 0. The van der Waals surface area contributed by atoms with E-state index in [-0.39, 0.29) is 6.04 Å². The van der Waals surface area contributed by atoms with Crippen LogP contribution < -0.4 is 10.7 Å². The first-order valence-electron chi connectivity index (χ1n) is 7.16. The Morgan fingerprint density at radius 2 is 2.11 bits per heavy atom. The lowest BCUT2D eigenvalue weighted by atomic mass is 9.94. The molecule has 1 saturated heterocycles. The smallest absolute Gasteiger partial charge is 0.273 e. The summed E-state index contributed by atoms with van der Waals surface area (Å²) in [6.45, 7) is 1.11. The molecule has 0 spiro atoms. The van der Waals surface area contributed by atoms with Crippen molar-refractivity contribution in [2.75, 3.05) is 6.54 Å². The standard InChI is InChI=1S/C15H18N4/c16-15-13-14(10-6-3-4-7-11(10)17-15)19-9-5-1-2-8-12(19)18-13/h3-4,6-7,13-14H,1-2,5,8-9H2,(H2,16,17)/p+1. The zero-order valence-electron chi connectivity index (χ0n) is 11.0. The second kappa shape index (κ2) is 4.08. The second-order valence-corrected chi connectivity index (χ2v) is 5.61. The molecule has 0 saturated carbocycles. The zero-order chi connectivity index (χ0) is 12.8. The van der Waals surface area contributed by atoms with E-state index in [9.17, 15) is 0 Å². The minimum atomic E-state index is 0.0861. The summed E-state index contributed by atoms with van der Waals surface area (Å²) in [5, 5.41) is 0. The van der Waals surface area contributed by atoms with Crippen LogP contribution in [0.3, 0.4) is 0 Å². The molecule has 2 atom stereocenters. The molecule has 0 bridgehead atoms. The van der Waals surface area contributed by atoms with Gasteiger partial charge in [0.2, 0.25) is 0 Å². The SMILES string of the molecule is NC1=[NH+]c2ccccc2C2C1N=C1CCCCCN12. The maximum atomic E-state index is 6.20. The van der Waals surface area contributed by atoms with E-state index in [1.807, 2.05) is 0 Å². The van der Waals surface area contributed by atoms with Crippen LogP contribution >= 0.6 is 0 Å². The molecule has 4 nitrogen and oxygen atoms in total. The van der Waals surface area contributed by atoms with Gasteiger partial charge in [0.05, 0.1) is 6.04 Å². The average Bonchev–Trinajstić information content (AvgIpc) is 2.64. The summed E-state index contributed by atoms with van der Waals surface area (Å²) in [6.07, 6.45) is 4.93. The number of para-hydroxylation sites is 1. The van der Waals surface area contributed by atoms with Gasteiger partial charge >= 0.3 is 0 Å². The highest BCUT2D eigenvalue weighted by Crippen LogP contribution is 2.38. The van der Waals surface area contributed by atoms with Gasteiger partial charge in [-0.1, -0.05) is 24.6 Å². The fraction of sp³-hybridized carbons (Fsp3) is 0.467. The third kappa shape index (κ3) is 1.59. The maximum absolute atomic E-state index is 6.20. The Morgan fingerprint density at radius 3 is 3.05 bits per heavy atom. The highest BCUT2D eigenvalue weighted by Gasteiger charge is 2.45. The summed E-state index contributed by atoms with van der Waals surface area (Å²) < 4.78 is 0. The molecule has 19 heavy (non-hydrogen) atoms. The van der Waals surface area contributed by atoms with E-state index in [2.05, 4.69) is 34.2 Å². The van der Waals surface area contributed by atoms with Crippen molar-refractivity contribution in [3.05, 3.63) is 29.8 Å². The number of amidine groups is 2. The predicted molar refractivity (Wildman–Crippen MR) is 75.4 cm³/mol. The fourth-order valence-corrected chi connectivity index (χ4v) is 3.53. The predicted octanol–water partition coefficient (Wildman–Crippen LogP) is 0.467. The molecule has 0 aliphatic carbocycles. The maximum Gasteiger partial charge on any atom is 0.273 e. The Bertz CT molecular complexity index is 575. The van der Waals surface area contributed by atoms with Crippen molar-refractivity contribution in [3.8, 4) is 0 Å². The van der Waals surface area contributed by atoms with Gasteiger partial charge in [-0.05, 0) is 18.9 Å². The number of nitrogens with one attached hydrogen (secondary N) is 1. The van der Waals surface area contributed by atoms with Gasteiger partial charge in [-0.2, -0.15) is 0 Å². The molecule has 0 aromatic heterocycles. The van der Waals surface area contributed by atoms with Crippen molar-refractivity contribution >= 4 is 17.4 Å². The number of fused-ring (bicyclic) bond motifs is 5. The summed E-state index contributed by atoms with van der Waals surface area (Å²) in [7, 11) is 0. The van der Waals surface area contributed by atoms with Crippen LogP contribution in [0.5, 0.6) is 0 Å². The van der Waals surface area contributed by atoms with E-state index >= 15 is 0 Å². The Balaban J connectivity index is 1.83. The van der Waals surface area contributed by atoms with Crippen molar-refractivity contribution in [2.24, 2.45) is 10.7 Å². The van der Waals surface area contributed by atoms with E-state index in [1.165, 1.54) is 30.7 Å². The van der Waals surface area contributed by atoms with Crippen LogP contribution in [0.4, 0.5) is 5.69 Å². The minimum Gasteiger partial charge on any atom is -0.350 e. The molecule has 0 amide bonds. The molecule has 3 aliphatic rings. The molecule has 3 aliphatic heterocycles. The number of nitrogens with zero attached hydrogens (tertiary/aromatic N) is 2. The summed E-state index contributed by atoms with van der Waals surface area (Å²) in [5.41, 5.74) is 8.68. The second-order valence-electron chi connectivity index (χ2n) is 5.61. The first kappa shape index (κ1) is 11.0. The van der Waals surface area contributed by atoms with Crippen LogP contribution in [0.25, 0.3) is 0 Å². The van der Waals surface area contributed by atoms with Crippen molar-refractivity contribution < 1.29 is 4.99 Å². The molecule has 1 aromatic rings. The van der Waals surface area contributed by atoms with Crippen molar-refractivity contribution in [2.45, 2.75) is 37.8 Å². The summed E-state index contributed by atoms with van der Waals surface area (Å²) in [4.78, 5) is 10.7. The summed E-state index contributed by atoms with van der Waals surface area (Å²) in [5.74, 6) is 2.05. The lowest BCUT2D eigenvalue weighted by molar-refractivity contribution is -0.361. The van der Waals surface area contributed by atoms with Crippen molar-refractivity contribution in [1.82, 2.24) is 4.90 Å². The van der Waals surface area contributed by atoms with Gasteiger partial charge in [-0.25, -0.2) is 4.99 Å². The Hall–Kier alpha value is -1.84. The van der Waals surface area contributed by atoms with Crippen molar-refractivity contribution in [3.63, 3.8) is 0 Å². The van der Waals surface area contributed by atoms with Crippen LogP contribution in [0.15, 0.2) is 29.3 Å². The van der Waals surface area contributed by atoms with Gasteiger partial charge in [0, 0.05) is 18.5 Å². The lowest BCUT2D eigenvalue weighted by Gasteiger charge is -2.31. The van der Waals surface area contributed by atoms with E-state index in [0.717, 1.165) is 24.5 Å². The van der Waals surface area contributed by atoms with Gasteiger partial charge in [0.1, 0.15) is 11.5 Å². The molecule has 3 N–H and O–H groups in total. The third-order valence-corrected chi connectivity index (χ3v) is 4.43. The van der Waals surface area contributed by atoms with Crippen LogP contribution in [0, 0.1) is 0 Å². The number of hydrogen-bond acceptors (Lipinski definition) is 3. The van der Waals surface area contributed by atoms with E-state index in [1.54, 1.807) is 0 Å². The molecule has 0 radical (unpaired) electrons. The molecular formula is C15H19N4+. The molecule has 1 aromatic carbocycles. The molecule has 1 fully saturated rings. The van der Waals surface area contributed by atoms with Crippen LogP contribution in [0.1, 0.15) is 37.3 Å². The average molecular weight is 255 g/mol. The normalized spacial score (nSPS) is 28.7. The first-order valence-corrected chi connectivity index (χ1v) is 7.16. The van der Waals surface area contributed by atoms with E-state index in [4.69, 9.17) is 10.7 Å². The van der Waals surface area contributed by atoms with Gasteiger partial charge in [0.15, 0.2) is 6.04 Å². The molecule has 2 unspecified atom stereocenters. The topological polar surface area (TPSA) is 55.6 Å². The Kier molecular flexibility index (Phi) is 2.37. The Morgan fingerprint density at radius 1 is 1.21 bits per heavy atom. The minimum absolute atomic E-state index is 0.0861. The monoisotopic (exact) mass is 255 g/mol. The van der Waals surface area contributed by atoms with Crippen LogP contribution in [-0.4, -0.2) is 29.2 Å². The molecule has 4 rings (SSSR count). The van der Waals surface area contributed by atoms with Gasteiger partial charge in [-0.15, -0.1) is 0 Å². The quantitative estimate of drug-likeness (QED) is 0.708. The molecule has 3 heterocycles. The largest absolute Gasteiger partial charge is 0.350 e. The number of aliphatic imine (C=N–C) groups is 1. The highest BCUT2D eigenvalue weighted by molar-refractivity contribution is 5.94. The fourth-order valence-electron chi connectivity index (χ4n) is 3.53. The molecule has 98 valence electrons. The molecular weight excluding hydrogens is 236 g/mol. The van der Waals surface area contributed by atoms with E-state index < -0.39 is 0 Å². The van der Waals surface area contributed by atoms with Crippen LogP contribution in [0.2, 0.25) is 0 Å².